The number of nitrogens with one attached hydrogen (secondary N) is 1. The van der Waals surface area contributed by atoms with E-state index in [1.807, 2.05) is 18.2 Å². The number of fused-ring (bicyclic) bond motifs is 1. The lowest BCUT2D eigenvalue weighted by atomic mass is 10.1. The van der Waals surface area contributed by atoms with E-state index in [0.717, 1.165) is 26.6 Å². The Labute approximate surface area is 90.9 Å². The minimum atomic E-state index is 0.495. The van der Waals surface area contributed by atoms with Crippen LogP contribution in [0, 0.1) is 0 Å². The van der Waals surface area contributed by atoms with Crippen LogP contribution in [0.4, 0.5) is 0 Å². The van der Waals surface area contributed by atoms with Crippen LogP contribution in [0.25, 0.3) is 15.4 Å². The molecule has 2 rings (SSSR count). The highest BCUT2D eigenvalue weighted by Gasteiger charge is 2.10. The fourth-order valence-electron chi connectivity index (χ4n) is 1.66. The fraction of sp³-hybridized carbons (Fsp3) is 0.0909. The van der Waals surface area contributed by atoms with Crippen LogP contribution < -0.4 is 5.73 Å². The molecule has 0 amide bonds. The molecule has 0 aliphatic heterocycles. The molecule has 72 valence electrons. The second-order valence-corrected chi connectivity index (χ2v) is 4.09. The number of para-hydroxylation sites is 1. The van der Waals surface area contributed by atoms with Gasteiger partial charge in [-0.15, -0.1) is 0 Å². The van der Waals surface area contributed by atoms with Crippen LogP contribution in [0.3, 0.4) is 0 Å². The molecular formula is C11H11BrN2. The van der Waals surface area contributed by atoms with Gasteiger partial charge in [0.25, 0.3) is 0 Å². The lowest BCUT2D eigenvalue weighted by molar-refractivity contribution is 1.02. The Balaban J connectivity index is 2.81. The summed E-state index contributed by atoms with van der Waals surface area (Å²) in [7, 11) is 0. The number of H-pyrrole nitrogens is 1. The molecule has 0 unspecified atom stereocenters. The second kappa shape index (κ2) is 3.59. The third kappa shape index (κ3) is 1.38. The second-order valence-electron chi connectivity index (χ2n) is 3.13. The molecule has 0 aliphatic rings. The summed E-state index contributed by atoms with van der Waals surface area (Å²) < 4.78 is 0.871. The van der Waals surface area contributed by atoms with Gasteiger partial charge < -0.3 is 10.7 Å². The molecule has 0 radical (unpaired) electrons. The fourth-order valence-corrected chi connectivity index (χ4v) is 2.11. The van der Waals surface area contributed by atoms with Crippen LogP contribution in [0.1, 0.15) is 11.3 Å². The van der Waals surface area contributed by atoms with E-state index in [0.29, 0.717) is 6.54 Å². The minimum Gasteiger partial charge on any atom is -0.357 e. The quantitative estimate of drug-likeness (QED) is 0.846. The summed E-state index contributed by atoms with van der Waals surface area (Å²) in [5, 5.41) is 1.16. The number of aromatic nitrogens is 1. The predicted octanol–water partition coefficient (Wildman–Crippen LogP) is 2.99. The molecule has 0 saturated carbocycles. The van der Waals surface area contributed by atoms with Gasteiger partial charge in [0.2, 0.25) is 0 Å². The third-order valence-electron chi connectivity index (χ3n) is 2.26. The Morgan fingerprint density at radius 2 is 2.14 bits per heavy atom. The van der Waals surface area contributed by atoms with Crippen LogP contribution in [0.15, 0.2) is 30.8 Å². The topological polar surface area (TPSA) is 41.8 Å². The van der Waals surface area contributed by atoms with Crippen LogP contribution in [-0.2, 0) is 6.54 Å². The van der Waals surface area contributed by atoms with E-state index in [9.17, 15) is 0 Å². The van der Waals surface area contributed by atoms with E-state index in [4.69, 9.17) is 5.73 Å². The smallest absolute Gasteiger partial charge is 0.0463 e. The van der Waals surface area contributed by atoms with Crippen molar-refractivity contribution in [1.29, 1.82) is 0 Å². The van der Waals surface area contributed by atoms with Crippen molar-refractivity contribution in [1.82, 2.24) is 4.98 Å². The molecular weight excluding hydrogens is 240 g/mol. The van der Waals surface area contributed by atoms with Gasteiger partial charge in [0.1, 0.15) is 0 Å². The normalized spacial score (nSPS) is 10.7. The number of hydrogen-bond donors (Lipinski definition) is 2. The zero-order valence-electron chi connectivity index (χ0n) is 7.68. The average molecular weight is 251 g/mol. The maximum atomic E-state index is 5.66. The Morgan fingerprint density at radius 1 is 1.43 bits per heavy atom. The average Bonchev–Trinajstić information content (AvgIpc) is 2.55. The molecule has 0 atom stereocenters. The molecule has 3 heteroatoms. The summed E-state index contributed by atoms with van der Waals surface area (Å²) >= 11 is 3.40. The lowest BCUT2D eigenvalue weighted by Gasteiger charge is -1.98. The molecule has 0 bridgehead atoms. The predicted molar refractivity (Wildman–Crippen MR) is 64.2 cm³/mol. The Morgan fingerprint density at radius 3 is 2.79 bits per heavy atom. The van der Waals surface area contributed by atoms with Crippen molar-refractivity contribution < 1.29 is 0 Å². The summed E-state index contributed by atoms with van der Waals surface area (Å²) in [6.07, 6.45) is 0. The summed E-state index contributed by atoms with van der Waals surface area (Å²) in [6.45, 7) is 4.39. The summed E-state index contributed by atoms with van der Waals surface area (Å²) in [5.74, 6) is 0. The molecule has 0 saturated heterocycles. The number of aromatic amines is 1. The summed E-state index contributed by atoms with van der Waals surface area (Å²) in [4.78, 5) is 3.28. The number of benzene rings is 1. The van der Waals surface area contributed by atoms with Gasteiger partial charge in [0.15, 0.2) is 0 Å². The lowest BCUT2D eigenvalue weighted by Crippen LogP contribution is -1.98. The van der Waals surface area contributed by atoms with Crippen LogP contribution in [-0.4, -0.2) is 4.98 Å². The van der Waals surface area contributed by atoms with Gasteiger partial charge in [0, 0.05) is 33.2 Å². The third-order valence-corrected chi connectivity index (χ3v) is 2.66. The SMILES string of the molecule is C=C(Br)c1c(CN)[nH]c2ccccc12. The monoisotopic (exact) mass is 250 g/mol. The number of nitrogens with two attached hydrogens (primary N) is 1. The van der Waals surface area contributed by atoms with Crippen molar-refractivity contribution in [3.05, 3.63) is 42.1 Å². The Kier molecular flexibility index (Phi) is 2.44. The van der Waals surface area contributed by atoms with Crippen LogP contribution in [0.2, 0.25) is 0 Å². The summed E-state index contributed by atoms with van der Waals surface area (Å²) in [5.41, 5.74) is 8.87. The molecule has 0 aliphatic carbocycles. The molecule has 3 N–H and O–H groups in total. The molecule has 2 nitrogen and oxygen atoms in total. The first-order valence-corrected chi connectivity index (χ1v) is 5.17. The summed E-state index contributed by atoms with van der Waals surface area (Å²) in [6, 6.07) is 8.11. The van der Waals surface area contributed by atoms with Crippen LogP contribution in [0.5, 0.6) is 0 Å². The Bertz CT molecular complexity index is 485. The Hall–Kier alpha value is -1.06. The maximum absolute atomic E-state index is 5.66. The van der Waals surface area contributed by atoms with Gasteiger partial charge in [-0.25, -0.2) is 0 Å². The highest BCUT2D eigenvalue weighted by atomic mass is 79.9. The molecule has 0 spiro atoms. The van der Waals surface area contributed by atoms with Crippen molar-refractivity contribution >= 4 is 31.3 Å². The van der Waals surface area contributed by atoms with Crippen molar-refractivity contribution in [2.24, 2.45) is 5.73 Å². The van der Waals surface area contributed by atoms with E-state index in [-0.39, 0.29) is 0 Å². The molecule has 1 aromatic heterocycles. The van der Waals surface area contributed by atoms with Gasteiger partial charge in [-0.3, -0.25) is 0 Å². The first-order chi connectivity index (χ1) is 6.74. The number of rotatable bonds is 2. The van der Waals surface area contributed by atoms with E-state index >= 15 is 0 Å². The zero-order chi connectivity index (χ0) is 10.1. The molecule has 0 fully saturated rings. The molecule has 14 heavy (non-hydrogen) atoms. The van der Waals surface area contributed by atoms with Gasteiger partial charge >= 0.3 is 0 Å². The van der Waals surface area contributed by atoms with E-state index < -0.39 is 0 Å². The molecule has 1 aromatic carbocycles. The number of halogens is 1. The minimum absolute atomic E-state index is 0.495. The van der Waals surface area contributed by atoms with Gasteiger partial charge in [-0.2, -0.15) is 0 Å². The van der Waals surface area contributed by atoms with E-state index in [1.54, 1.807) is 0 Å². The first-order valence-electron chi connectivity index (χ1n) is 4.38. The molecule has 1 heterocycles. The molecule has 2 aromatic rings. The van der Waals surface area contributed by atoms with Crippen molar-refractivity contribution in [3.63, 3.8) is 0 Å². The highest BCUT2D eigenvalue weighted by Crippen LogP contribution is 2.30. The maximum Gasteiger partial charge on any atom is 0.0463 e. The zero-order valence-corrected chi connectivity index (χ0v) is 9.26. The van der Waals surface area contributed by atoms with Gasteiger partial charge in [0.05, 0.1) is 0 Å². The first kappa shape index (κ1) is 9.49. The van der Waals surface area contributed by atoms with E-state index in [1.165, 1.54) is 0 Å². The number of hydrogen-bond acceptors (Lipinski definition) is 1. The highest BCUT2D eigenvalue weighted by molar-refractivity contribution is 9.15. The van der Waals surface area contributed by atoms with Crippen LogP contribution >= 0.6 is 15.9 Å². The standard InChI is InChI=1S/C11H11BrN2/c1-7(12)11-8-4-2-3-5-9(8)14-10(11)6-13/h2-5,14H,1,6,13H2. The van der Waals surface area contributed by atoms with E-state index in [2.05, 4.69) is 33.6 Å². The van der Waals surface area contributed by atoms with Gasteiger partial charge in [-0.05, 0) is 6.07 Å². The van der Waals surface area contributed by atoms with Gasteiger partial charge in [-0.1, -0.05) is 40.7 Å². The largest absolute Gasteiger partial charge is 0.357 e. The van der Waals surface area contributed by atoms with Crippen molar-refractivity contribution in [3.8, 4) is 0 Å². The van der Waals surface area contributed by atoms with Crippen molar-refractivity contribution in [2.75, 3.05) is 0 Å². The van der Waals surface area contributed by atoms with Crippen molar-refractivity contribution in [2.45, 2.75) is 6.54 Å².